The van der Waals surface area contributed by atoms with Gasteiger partial charge in [-0.1, -0.05) is 0 Å². The van der Waals surface area contributed by atoms with Crippen molar-refractivity contribution in [2.75, 3.05) is 25.2 Å². The van der Waals surface area contributed by atoms with E-state index in [-0.39, 0.29) is 13.0 Å². The van der Waals surface area contributed by atoms with Crippen LogP contribution in [0.1, 0.15) is 19.3 Å². The van der Waals surface area contributed by atoms with Gasteiger partial charge in [0.25, 0.3) is 0 Å². The van der Waals surface area contributed by atoms with E-state index in [2.05, 4.69) is 10.6 Å². The fourth-order valence-corrected chi connectivity index (χ4v) is 1.66. The van der Waals surface area contributed by atoms with Crippen LogP contribution >= 0.6 is 11.8 Å². The van der Waals surface area contributed by atoms with Gasteiger partial charge in [0, 0.05) is 19.6 Å². The summed E-state index contributed by atoms with van der Waals surface area (Å²) in [5.74, 6) is -0.0949. The number of carboxylic acid groups (broad SMARTS) is 1. The standard InChI is InChI=1S/C10H20N2O4S/c1-17-7-3-2-5-11-10(16)12-8(4-6-13)9(14)15/h8,13H,2-7H2,1H3,(H,14,15)(H2,11,12,16)/t8-/m1/s1. The predicted octanol–water partition coefficient (Wildman–Crippen LogP) is 0.264. The van der Waals surface area contributed by atoms with Crippen LogP contribution in [0, 0.1) is 0 Å². The molecule has 0 unspecified atom stereocenters. The van der Waals surface area contributed by atoms with Crippen molar-refractivity contribution < 1.29 is 19.8 Å². The van der Waals surface area contributed by atoms with E-state index in [1.54, 1.807) is 11.8 Å². The van der Waals surface area contributed by atoms with Gasteiger partial charge in [-0.2, -0.15) is 11.8 Å². The van der Waals surface area contributed by atoms with Gasteiger partial charge in [-0.15, -0.1) is 0 Å². The summed E-state index contributed by atoms with van der Waals surface area (Å²) in [5.41, 5.74) is 0. The van der Waals surface area contributed by atoms with Crippen molar-refractivity contribution in [1.29, 1.82) is 0 Å². The van der Waals surface area contributed by atoms with E-state index in [1.165, 1.54) is 0 Å². The maximum absolute atomic E-state index is 11.3. The van der Waals surface area contributed by atoms with E-state index in [4.69, 9.17) is 10.2 Å². The molecule has 7 heteroatoms. The molecule has 0 aromatic rings. The molecule has 0 aliphatic carbocycles. The smallest absolute Gasteiger partial charge is 0.326 e. The molecular weight excluding hydrogens is 244 g/mol. The van der Waals surface area contributed by atoms with Gasteiger partial charge in [-0.3, -0.25) is 0 Å². The van der Waals surface area contributed by atoms with Crippen molar-refractivity contribution in [3.05, 3.63) is 0 Å². The number of amides is 2. The highest BCUT2D eigenvalue weighted by Crippen LogP contribution is 1.97. The number of carboxylic acids is 1. The second-order valence-electron chi connectivity index (χ2n) is 3.50. The molecule has 0 radical (unpaired) electrons. The molecule has 0 heterocycles. The third-order valence-electron chi connectivity index (χ3n) is 2.08. The zero-order valence-corrected chi connectivity index (χ0v) is 10.8. The number of rotatable bonds is 9. The number of urea groups is 1. The average Bonchev–Trinajstić information content (AvgIpc) is 2.28. The van der Waals surface area contributed by atoms with Crippen LogP contribution in [-0.4, -0.2) is 53.4 Å². The van der Waals surface area contributed by atoms with Crippen molar-refractivity contribution in [3.63, 3.8) is 0 Å². The molecule has 1 atom stereocenters. The fraction of sp³-hybridized carbons (Fsp3) is 0.800. The lowest BCUT2D eigenvalue weighted by atomic mass is 10.2. The van der Waals surface area contributed by atoms with Crippen LogP contribution in [0.25, 0.3) is 0 Å². The van der Waals surface area contributed by atoms with Crippen LogP contribution in [0.5, 0.6) is 0 Å². The van der Waals surface area contributed by atoms with Crippen molar-refractivity contribution in [2.45, 2.75) is 25.3 Å². The molecule has 0 aliphatic rings. The lowest BCUT2D eigenvalue weighted by molar-refractivity contribution is -0.139. The summed E-state index contributed by atoms with van der Waals surface area (Å²) in [7, 11) is 0. The first-order valence-corrected chi connectivity index (χ1v) is 6.88. The quantitative estimate of drug-likeness (QED) is 0.448. The molecule has 0 aromatic heterocycles. The molecule has 0 fully saturated rings. The van der Waals surface area contributed by atoms with Crippen molar-refractivity contribution >= 4 is 23.8 Å². The Balaban J connectivity index is 3.71. The van der Waals surface area contributed by atoms with Crippen LogP contribution in [0.2, 0.25) is 0 Å². The fourth-order valence-electron chi connectivity index (χ4n) is 1.17. The van der Waals surface area contributed by atoms with Gasteiger partial charge < -0.3 is 20.8 Å². The predicted molar refractivity (Wildman–Crippen MR) is 67.3 cm³/mol. The molecule has 0 saturated carbocycles. The molecule has 0 rings (SSSR count). The van der Waals surface area contributed by atoms with E-state index in [1.807, 2.05) is 6.26 Å². The summed E-state index contributed by atoms with van der Waals surface area (Å²) in [6.07, 6.45) is 3.91. The third-order valence-corrected chi connectivity index (χ3v) is 2.78. The first-order valence-electron chi connectivity index (χ1n) is 5.48. The largest absolute Gasteiger partial charge is 0.480 e. The van der Waals surface area contributed by atoms with E-state index in [9.17, 15) is 9.59 Å². The summed E-state index contributed by atoms with van der Waals surface area (Å²) >= 11 is 1.75. The van der Waals surface area contributed by atoms with Gasteiger partial charge >= 0.3 is 12.0 Å². The molecule has 6 nitrogen and oxygen atoms in total. The van der Waals surface area contributed by atoms with Crippen molar-refractivity contribution in [3.8, 4) is 0 Å². The lowest BCUT2D eigenvalue weighted by Gasteiger charge is -2.13. The highest BCUT2D eigenvalue weighted by molar-refractivity contribution is 7.98. The van der Waals surface area contributed by atoms with Crippen LogP contribution in [-0.2, 0) is 4.79 Å². The van der Waals surface area contributed by atoms with Gasteiger partial charge in [0.2, 0.25) is 0 Å². The Kier molecular flexibility index (Phi) is 9.65. The number of thioether (sulfide) groups is 1. The molecule has 100 valence electrons. The van der Waals surface area contributed by atoms with Crippen LogP contribution in [0.4, 0.5) is 4.79 Å². The summed E-state index contributed by atoms with van der Waals surface area (Å²) in [5, 5.41) is 22.2. The molecule has 4 N–H and O–H groups in total. The molecule has 0 aromatic carbocycles. The number of unbranched alkanes of at least 4 members (excludes halogenated alkanes) is 1. The first kappa shape index (κ1) is 16.1. The summed E-state index contributed by atoms with van der Waals surface area (Å²) in [4.78, 5) is 22.0. The summed E-state index contributed by atoms with van der Waals surface area (Å²) < 4.78 is 0. The van der Waals surface area contributed by atoms with Gasteiger partial charge in [0.1, 0.15) is 6.04 Å². The Morgan fingerprint density at radius 1 is 1.35 bits per heavy atom. The van der Waals surface area contributed by atoms with Crippen molar-refractivity contribution in [1.82, 2.24) is 10.6 Å². The SMILES string of the molecule is CSCCCCNC(=O)N[C@H](CCO)C(=O)O. The average molecular weight is 264 g/mol. The minimum absolute atomic E-state index is 0.00915. The lowest BCUT2D eigenvalue weighted by Crippen LogP contribution is -2.46. The van der Waals surface area contributed by atoms with Gasteiger partial charge in [-0.25, -0.2) is 9.59 Å². The Bertz CT molecular complexity index is 238. The minimum Gasteiger partial charge on any atom is -0.480 e. The minimum atomic E-state index is -1.14. The van der Waals surface area contributed by atoms with Gasteiger partial charge in [-0.05, 0) is 24.9 Å². The van der Waals surface area contributed by atoms with Gasteiger partial charge in [0.15, 0.2) is 0 Å². The number of carbonyl (C=O) groups excluding carboxylic acids is 1. The maximum atomic E-state index is 11.3. The number of aliphatic hydroxyl groups is 1. The first-order chi connectivity index (χ1) is 8.11. The Morgan fingerprint density at radius 3 is 2.59 bits per heavy atom. The number of aliphatic carboxylic acids is 1. The summed E-state index contributed by atoms with van der Waals surface area (Å²) in [6.45, 7) is 0.253. The normalized spacial score (nSPS) is 11.9. The number of hydrogen-bond acceptors (Lipinski definition) is 4. The topological polar surface area (TPSA) is 98.7 Å². The number of nitrogens with one attached hydrogen (secondary N) is 2. The zero-order valence-electron chi connectivity index (χ0n) is 9.94. The van der Waals surface area contributed by atoms with Crippen LogP contribution in [0.15, 0.2) is 0 Å². The van der Waals surface area contributed by atoms with E-state index < -0.39 is 18.0 Å². The maximum Gasteiger partial charge on any atom is 0.326 e. The second-order valence-corrected chi connectivity index (χ2v) is 4.49. The number of aliphatic hydroxyl groups excluding tert-OH is 1. The van der Waals surface area contributed by atoms with E-state index in [0.29, 0.717) is 6.54 Å². The zero-order chi connectivity index (χ0) is 13.1. The van der Waals surface area contributed by atoms with Crippen LogP contribution in [0.3, 0.4) is 0 Å². The molecule has 0 bridgehead atoms. The third kappa shape index (κ3) is 8.82. The van der Waals surface area contributed by atoms with E-state index >= 15 is 0 Å². The van der Waals surface area contributed by atoms with Gasteiger partial charge in [0.05, 0.1) is 0 Å². The van der Waals surface area contributed by atoms with Crippen LogP contribution < -0.4 is 10.6 Å². The van der Waals surface area contributed by atoms with E-state index in [0.717, 1.165) is 18.6 Å². The van der Waals surface area contributed by atoms with Crippen molar-refractivity contribution in [2.24, 2.45) is 0 Å². The Morgan fingerprint density at radius 2 is 2.06 bits per heavy atom. The number of carbonyl (C=O) groups is 2. The molecular formula is C10H20N2O4S. The highest BCUT2D eigenvalue weighted by Gasteiger charge is 2.18. The molecule has 17 heavy (non-hydrogen) atoms. The highest BCUT2D eigenvalue weighted by atomic mass is 32.2. The summed E-state index contributed by atoms with van der Waals surface area (Å²) in [6, 6.07) is -1.54. The molecule has 0 aliphatic heterocycles. The molecule has 0 spiro atoms. The Labute approximate surface area is 105 Å². The monoisotopic (exact) mass is 264 g/mol. The molecule has 0 saturated heterocycles. The second kappa shape index (κ2) is 10.2. The molecule has 2 amide bonds. The Hall–Kier alpha value is -0.950. The number of hydrogen-bond donors (Lipinski definition) is 4.